The quantitative estimate of drug-likeness (QED) is 0.238. The molecule has 0 heterocycles. The fraction of sp³-hybridized carbons (Fsp3) is 0.483. The second-order valence-corrected chi connectivity index (χ2v) is 10.8. The van der Waals surface area contributed by atoms with Crippen LogP contribution in [0, 0.1) is 18.8 Å². The summed E-state index contributed by atoms with van der Waals surface area (Å²) in [4.78, 5) is 24.9. The summed E-state index contributed by atoms with van der Waals surface area (Å²) >= 11 is 1.74. The topological polar surface area (TPSA) is 109 Å². The number of carbonyl (C=O) groups excluding carboxylic acids is 2. The molecule has 0 unspecified atom stereocenters. The van der Waals surface area contributed by atoms with Crippen LogP contribution in [0.15, 0.2) is 59.7 Å². The molecule has 1 aliphatic carbocycles. The van der Waals surface area contributed by atoms with Gasteiger partial charge in [-0.3, -0.25) is 4.79 Å². The molecule has 8 heteroatoms. The Morgan fingerprint density at radius 3 is 2.38 bits per heavy atom. The Labute approximate surface area is 225 Å². The van der Waals surface area contributed by atoms with Crippen LogP contribution in [0.2, 0.25) is 0 Å². The largest absolute Gasteiger partial charge is 0.352 e. The second-order valence-electron chi connectivity index (χ2n) is 9.84. The maximum Gasteiger partial charge on any atom is 0.335 e. The van der Waals surface area contributed by atoms with Gasteiger partial charge in [0.2, 0.25) is 5.91 Å². The lowest BCUT2D eigenvalue weighted by molar-refractivity contribution is -0.126. The van der Waals surface area contributed by atoms with Gasteiger partial charge in [0, 0.05) is 36.6 Å². The molecule has 37 heavy (non-hydrogen) atoms. The molecule has 0 radical (unpaired) electrons. The molecule has 3 amide bonds. The highest BCUT2D eigenvalue weighted by Gasteiger charge is 2.26. The summed E-state index contributed by atoms with van der Waals surface area (Å²) < 4.78 is 0. The van der Waals surface area contributed by atoms with Crippen LogP contribution in [0.1, 0.15) is 55.7 Å². The SMILES string of the molecule is CC[C@H](N)/C(CSCc1ccccc1)=N/NC(=O)NCC1CCC(C(=O)NCc2ccc(C)cc2)CC1. The molecule has 1 saturated carbocycles. The summed E-state index contributed by atoms with van der Waals surface area (Å²) in [5, 5.41) is 10.3. The normalized spacial score (nSPS) is 18.6. The molecule has 1 fully saturated rings. The Hall–Kier alpha value is -2.84. The molecular weight excluding hydrogens is 482 g/mol. The van der Waals surface area contributed by atoms with Crippen LogP contribution in [0.4, 0.5) is 4.79 Å². The minimum atomic E-state index is -0.313. The summed E-state index contributed by atoms with van der Waals surface area (Å²) in [5.74, 6) is 2.08. The Morgan fingerprint density at radius 1 is 1.00 bits per heavy atom. The smallest absolute Gasteiger partial charge is 0.335 e. The number of benzene rings is 2. The van der Waals surface area contributed by atoms with Crippen LogP contribution in [0.25, 0.3) is 0 Å². The van der Waals surface area contributed by atoms with Gasteiger partial charge in [-0.15, -0.1) is 0 Å². The van der Waals surface area contributed by atoms with E-state index in [2.05, 4.69) is 64.5 Å². The van der Waals surface area contributed by atoms with Gasteiger partial charge in [-0.2, -0.15) is 16.9 Å². The Balaban J connectivity index is 1.34. The lowest BCUT2D eigenvalue weighted by atomic mass is 9.81. The van der Waals surface area contributed by atoms with Gasteiger partial charge in [0.05, 0.1) is 5.71 Å². The second kappa shape index (κ2) is 15.4. The van der Waals surface area contributed by atoms with E-state index in [1.54, 1.807) is 11.8 Å². The first kappa shape index (κ1) is 28.7. The Bertz CT molecular complexity index is 1000. The summed E-state index contributed by atoms with van der Waals surface area (Å²) in [7, 11) is 0. The van der Waals surface area contributed by atoms with Crippen molar-refractivity contribution in [1.29, 1.82) is 0 Å². The highest BCUT2D eigenvalue weighted by Crippen LogP contribution is 2.28. The van der Waals surface area contributed by atoms with E-state index in [0.29, 0.717) is 24.8 Å². The van der Waals surface area contributed by atoms with E-state index in [0.717, 1.165) is 49.1 Å². The van der Waals surface area contributed by atoms with Gasteiger partial charge in [0.15, 0.2) is 0 Å². The highest BCUT2D eigenvalue weighted by molar-refractivity contribution is 7.99. The number of nitrogens with two attached hydrogens (primary N) is 1. The first-order chi connectivity index (χ1) is 17.9. The van der Waals surface area contributed by atoms with E-state index in [-0.39, 0.29) is 23.9 Å². The number of thioether (sulfide) groups is 1. The number of hydrazone groups is 1. The van der Waals surface area contributed by atoms with Crippen molar-refractivity contribution in [1.82, 2.24) is 16.1 Å². The standard InChI is InChI=1S/C29H41N5O2S/c1-3-26(30)27(20-37-19-24-7-5-4-6-8-24)33-34-29(36)32-18-23-13-15-25(16-14-23)28(35)31-17-22-11-9-21(2)10-12-22/h4-12,23,25-26H,3,13-20,30H2,1-2H3,(H,31,35)(H2,32,34,36)/b33-27+/t23?,25?,26-/m0/s1. The lowest BCUT2D eigenvalue weighted by Crippen LogP contribution is -2.40. The number of amides is 3. The number of hydrogen-bond acceptors (Lipinski definition) is 5. The van der Waals surface area contributed by atoms with Gasteiger partial charge < -0.3 is 16.4 Å². The molecule has 0 saturated heterocycles. The average Bonchev–Trinajstić information content (AvgIpc) is 2.93. The maximum absolute atomic E-state index is 12.6. The van der Waals surface area contributed by atoms with Crippen LogP contribution in [-0.4, -0.2) is 36.0 Å². The van der Waals surface area contributed by atoms with Gasteiger partial charge in [-0.25, -0.2) is 10.2 Å². The van der Waals surface area contributed by atoms with Gasteiger partial charge in [0.25, 0.3) is 0 Å². The first-order valence-corrected chi connectivity index (χ1v) is 14.4. The molecule has 7 nitrogen and oxygen atoms in total. The fourth-order valence-electron chi connectivity index (χ4n) is 4.37. The van der Waals surface area contributed by atoms with E-state index in [1.807, 2.05) is 25.1 Å². The van der Waals surface area contributed by atoms with Crippen LogP contribution in [0.3, 0.4) is 0 Å². The van der Waals surface area contributed by atoms with Crippen molar-refractivity contribution in [2.75, 3.05) is 12.3 Å². The van der Waals surface area contributed by atoms with E-state index in [4.69, 9.17) is 5.73 Å². The van der Waals surface area contributed by atoms with E-state index in [9.17, 15) is 9.59 Å². The number of hydrogen-bond donors (Lipinski definition) is 4. The van der Waals surface area contributed by atoms with Gasteiger partial charge in [0.1, 0.15) is 0 Å². The van der Waals surface area contributed by atoms with Gasteiger partial charge in [-0.05, 0) is 56.1 Å². The van der Waals surface area contributed by atoms with Crippen LogP contribution in [-0.2, 0) is 17.1 Å². The third-order valence-electron chi connectivity index (χ3n) is 6.89. The minimum Gasteiger partial charge on any atom is -0.352 e. The third-order valence-corrected chi connectivity index (χ3v) is 7.92. The number of carbonyl (C=O) groups is 2. The number of aryl methyl sites for hydroxylation is 1. The zero-order chi connectivity index (χ0) is 26.5. The monoisotopic (exact) mass is 523 g/mol. The Morgan fingerprint density at radius 2 is 1.70 bits per heavy atom. The predicted octanol–water partition coefficient (Wildman–Crippen LogP) is 4.74. The van der Waals surface area contributed by atoms with Crippen LogP contribution >= 0.6 is 11.8 Å². The van der Waals surface area contributed by atoms with Crippen molar-refractivity contribution in [2.24, 2.45) is 22.7 Å². The summed E-state index contributed by atoms with van der Waals surface area (Å²) in [5.41, 5.74) is 13.2. The number of nitrogens with one attached hydrogen (secondary N) is 3. The molecule has 0 aliphatic heterocycles. The number of nitrogens with zero attached hydrogens (tertiary/aromatic N) is 1. The minimum absolute atomic E-state index is 0.0478. The summed E-state index contributed by atoms with van der Waals surface area (Å²) in [6.07, 6.45) is 4.30. The van der Waals surface area contributed by atoms with Crippen molar-refractivity contribution in [3.8, 4) is 0 Å². The van der Waals surface area contributed by atoms with Crippen molar-refractivity contribution in [3.63, 3.8) is 0 Å². The fourth-order valence-corrected chi connectivity index (χ4v) is 5.39. The predicted molar refractivity (Wildman–Crippen MR) is 153 cm³/mol. The zero-order valence-electron chi connectivity index (χ0n) is 22.0. The summed E-state index contributed by atoms with van der Waals surface area (Å²) in [6.45, 7) is 5.22. The Kier molecular flexibility index (Phi) is 12.0. The van der Waals surface area contributed by atoms with Crippen LogP contribution in [0.5, 0.6) is 0 Å². The zero-order valence-corrected chi connectivity index (χ0v) is 22.9. The lowest BCUT2D eigenvalue weighted by Gasteiger charge is -2.27. The van der Waals surface area contributed by atoms with E-state index >= 15 is 0 Å². The molecule has 2 aromatic carbocycles. The average molecular weight is 524 g/mol. The molecule has 200 valence electrons. The molecule has 1 atom stereocenters. The van der Waals surface area contributed by atoms with Crippen molar-refractivity contribution < 1.29 is 9.59 Å². The molecule has 0 aromatic heterocycles. The summed E-state index contributed by atoms with van der Waals surface area (Å²) in [6, 6.07) is 18.0. The third kappa shape index (κ3) is 10.2. The van der Waals surface area contributed by atoms with Gasteiger partial charge in [-0.1, -0.05) is 67.1 Å². The molecule has 1 aliphatic rings. The van der Waals surface area contributed by atoms with Crippen molar-refractivity contribution in [3.05, 3.63) is 71.3 Å². The van der Waals surface area contributed by atoms with E-state index in [1.165, 1.54) is 11.1 Å². The van der Waals surface area contributed by atoms with Crippen molar-refractivity contribution >= 4 is 29.4 Å². The van der Waals surface area contributed by atoms with E-state index < -0.39 is 0 Å². The number of urea groups is 1. The molecule has 5 N–H and O–H groups in total. The number of rotatable bonds is 12. The molecule has 2 aromatic rings. The molecule has 0 bridgehead atoms. The van der Waals surface area contributed by atoms with Crippen molar-refractivity contribution in [2.45, 2.75) is 64.3 Å². The highest BCUT2D eigenvalue weighted by atomic mass is 32.2. The first-order valence-electron chi connectivity index (χ1n) is 13.2. The maximum atomic E-state index is 12.6. The van der Waals surface area contributed by atoms with Crippen LogP contribution < -0.4 is 21.8 Å². The molecule has 0 spiro atoms. The van der Waals surface area contributed by atoms with Gasteiger partial charge >= 0.3 is 6.03 Å². The molecular formula is C29H41N5O2S. The molecule has 3 rings (SSSR count).